The third-order valence-corrected chi connectivity index (χ3v) is 6.34. The van der Waals surface area contributed by atoms with Crippen LogP contribution in [0.4, 0.5) is 11.4 Å². The van der Waals surface area contributed by atoms with Gasteiger partial charge in [0.1, 0.15) is 0 Å². The quantitative estimate of drug-likeness (QED) is 0.767. The van der Waals surface area contributed by atoms with E-state index in [1.165, 1.54) is 0 Å². The number of anilines is 2. The van der Waals surface area contributed by atoms with Crippen LogP contribution in [0.15, 0.2) is 24.3 Å². The summed E-state index contributed by atoms with van der Waals surface area (Å²) in [6.45, 7) is 6.41. The van der Waals surface area contributed by atoms with E-state index < -0.39 is 10.0 Å². The van der Waals surface area contributed by atoms with E-state index in [-0.39, 0.29) is 11.7 Å². The average Bonchev–Trinajstić information content (AvgIpc) is 2.61. The second-order valence-corrected chi connectivity index (χ2v) is 8.49. The summed E-state index contributed by atoms with van der Waals surface area (Å²) in [6, 6.07) is 7.74. The Morgan fingerprint density at radius 3 is 2.24 bits per heavy atom. The molecule has 0 bridgehead atoms. The molecule has 140 valence electrons. The topological polar surface area (TPSA) is 69.7 Å². The Labute approximate surface area is 151 Å². The molecule has 0 aromatic heterocycles. The van der Waals surface area contributed by atoms with Crippen LogP contribution in [0.3, 0.4) is 0 Å². The lowest BCUT2D eigenvalue weighted by Crippen LogP contribution is -2.49. The van der Waals surface area contributed by atoms with E-state index in [1.54, 1.807) is 4.31 Å². The van der Waals surface area contributed by atoms with Crippen molar-refractivity contribution in [2.24, 2.45) is 0 Å². The van der Waals surface area contributed by atoms with Crippen LogP contribution in [0.1, 0.15) is 39.5 Å². The number of benzene rings is 1. The van der Waals surface area contributed by atoms with Gasteiger partial charge in [0.15, 0.2) is 0 Å². The predicted molar refractivity (Wildman–Crippen MR) is 102 cm³/mol. The molecule has 6 nitrogen and oxygen atoms in total. The van der Waals surface area contributed by atoms with E-state index in [1.807, 2.05) is 38.1 Å². The first-order valence-electron chi connectivity index (χ1n) is 9.09. The highest BCUT2D eigenvalue weighted by atomic mass is 32.2. The molecular weight excluding hydrogens is 338 g/mol. The second-order valence-electron chi connectivity index (χ2n) is 6.40. The Kier molecular flexibility index (Phi) is 7.25. The summed E-state index contributed by atoms with van der Waals surface area (Å²) in [7, 11) is -3.12. The SMILES string of the molecule is CCCCS(=O)(=O)N1CCN(c2ccc(NC(=O)CCC)cc2)CC1. The maximum absolute atomic E-state index is 12.3. The minimum absolute atomic E-state index is 0.0288. The van der Waals surface area contributed by atoms with Gasteiger partial charge in [0.2, 0.25) is 15.9 Å². The molecule has 1 aromatic rings. The number of amides is 1. The molecule has 0 unspecified atom stereocenters. The fourth-order valence-corrected chi connectivity index (χ4v) is 4.52. The van der Waals surface area contributed by atoms with Crippen molar-refractivity contribution >= 4 is 27.3 Å². The van der Waals surface area contributed by atoms with Gasteiger partial charge in [-0.15, -0.1) is 0 Å². The minimum Gasteiger partial charge on any atom is -0.369 e. The third-order valence-electron chi connectivity index (χ3n) is 4.38. The van der Waals surface area contributed by atoms with Gasteiger partial charge in [-0.1, -0.05) is 20.3 Å². The monoisotopic (exact) mass is 367 g/mol. The fraction of sp³-hybridized carbons (Fsp3) is 0.611. The Morgan fingerprint density at radius 1 is 1.04 bits per heavy atom. The number of piperazine rings is 1. The third kappa shape index (κ3) is 5.71. The molecule has 0 saturated carbocycles. The summed E-state index contributed by atoms with van der Waals surface area (Å²) >= 11 is 0. The molecule has 1 heterocycles. The van der Waals surface area contributed by atoms with Crippen LogP contribution in [-0.4, -0.2) is 50.6 Å². The first-order valence-corrected chi connectivity index (χ1v) is 10.7. The Morgan fingerprint density at radius 2 is 1.68 bits per heavy atom. The zero-order chi connectivity index (χ0) is 18.3. The standard InChI is InChI=1S/C18H29N3O3S/c1-3-5-15-25(23,24)21-13-11-20(12-14-21)17-9-7-16(8-10-17)19-18(22)6-4-2/h7-10H,3-6,11-15H2,1-2H3,(H,19,22). The molecule has 0 spiro atoms. The molecule has 0 aliphatic carbocycles. The number of rotatable bonds is 8. The van der Waals surface area contributed by atoms with Crippen molar-refractivity contribution < 1.29 is 13.2 Å². The van der Waals surface area contributed by atoms with Crippen LogP contribution in [0, 0.1) is 0 Å². The van der Waals surface area contributed by atoms with Gasteiger partial charge in [-0.3, -0.25) is 4.79 Å². The van der Waals surface area contributed by atoms with E-state index in [2.05, 4.69) is 10.2 Å². The fourth-order valence-electron chi connectivity index (χ4n) is 2.89. The van der Waals surface area contributed by atoms with Gasteiger partial charge < -0.3 is 10.2 Å². The summed E-state index contributed by atoms with van der Waals surface area (Å²) in [5.41, 5.74) is 1.85. The molecule has 7 heteroatoms. The summed E-state index contributed by atoms with van der Waals surface area (Å²) in [5.74, 6) is 0.275. The average molecular weight is 368 g/mol. The van der Waals surface area contributed by atoms with Crippen LogP contribution in [0.25, 0.3) is 0 Å². The predicted octanol–water partition coefficient (Wildman–Crippen LogP) is 2.68. The number of nitrogens with zero attached hydrogens (tertiary/aromatic N) is 2. The van der Waals surface area contributed by atoms with E-state index >= 15 is 0 Å². The highest BCUT2D eigenvalue weighted by Crippen LogP contribution is 2.21. The number of carbonyl (C=O) groups is 1. The Hall–Kier alpha value is -1.60. The molecule has 1 fully saturated rings. The van der Waals surface area contributed by atoms with Crippen molar-refractivity contribution in [2.75, 3.05) is 42.1 Å². The van der Waals surface area contributed by atoms with Gasteiger partial charge in [0.05, 0.1) is 5.75 Å². The molecule has 1 amide bonds. The van der Waals surface area contributed by atoms with E-state index in [9.17, 15) is 13.2 Å². The van der Waals surface area contributed by atoms with Crippen LogP contribution < -0.4 is 10.2 Å². The van der Waals surface area contributed by atoms with Crippen molar-refractivity contribution in [1.29, 1.82) is 0 Å². The molecular formula is C18H29N3O3S. The molecule has 2 rings (SSSR count). The number of carbonyl (C=O) groups excluding carboxylic acids is 1. The van der Waals surface area contributed by atoms with Crippen molar-refractivity contribution in [3.8, 4) is 0 Å². The Balaban J connectivity index is 1.89. The largest absolute Gasteiger partial charge is 0.369 e. The summed E-state index contributed by atoms with van der Waals surface area (Å²) in [5, 5.41) is 2.87. The van der Waals surface area contributed by atoms with Crippen LogP contribution >= 0.6 is 0 Å². The van der Waals surface area contributed by atoms with Gasteiger partial charge in [-0.05, 0) is 37.1 Å². The second kappa shape index (κ2) is 9.20. The first-order chi connectivity index (χ1) is 12.0. The molecule has 1 aliphatic heterocycles. The molecule has 1 aliphatic rings. The normalized spacial score (nSPS) is 16.0. The summed E-state index contributed by atoms with van der Waals surface area (Å²) in [6.07, 6.45) is 2.96. The molecule has 25 heavy (non-hydrogen) atoms. The summed E-state index contributed by atoms with van der Waals surface area (Å²) in [4.78, 5) is 13.8. The number of unbranched alkanes of at least 4 members (excludes halogenated alkanes) is 1. The molecule has 1 N–H and O–H groups in total. The van der Waals surface area contributed by atoms with Gasteiger partial charge in [-0.2, -0.15) is 4.31 Å². The van der Waals surface area contributed by atoms with Crippen LogP contribution in [0.2, 0.25) is 0 Å². The number of nitrogens with one attached hydrogen (secondary N) is 1. The molecule has 0 radical (unpaired) electrons. The maximum atomic E-state index is 12.3. The van der Waals surface area contributed by atoms with Crippen molar-refractivity contribution in [3.05, 3.63) is 24.3 Å². The van der Waals surface area contributed by atoms with Gasteiger partial charge in [-0.25, -0.2) is 8.42 Å². The maximum Gasteiger partial charge on any atom is 0.224 e. The zero-order valence-electron chi connectivity index (χ0n) is 15.2. The summed E-state index contributed by atoms with van der Waals surface area (Å²) < 4.78 is 26.1. The van der Waals surface area contributed by atoms with Crippen molar-refractivity contribution in [1.82, 2.24) is 4.31 Å². The lowest BCUT2D eigenvalue weighted by molar-refractivity contribution is -0.116. The Bertz CT molecular complexity index is 651. The molecule has 1 saturated heterocycles. The molecule has 0 atom stereocenters. The van der Waals surface area contributed by atoms with Crippen LogP contribution in [-0.2, 0) is 14.8 Å². The smallest absolute Gasteiger partial charge is 0.224 e. The van der Waals surface area contributed by atoms with Gasteiger partial charge in [0, 0.05) is 44.0 Å². The van der Waals surface area contributed by atoms with Crippen molar-refractivity contribution in [2.45, 2.75) is 39.5 Å². The van der Waals surface area contributed by atoms with E-state index in [0.717, 1.165) is 24.2 Å². The highest BCUT2D eigenvalue weighted by molar-refractivity contribution is 7.89. The number of sulfonamides is 1. The lowest BCUT2D eigenvalue weighted by Gasteiger charge is -2.35. The number of hydrogen-bond acceptors (Lipinski definition) is 4. The van der Waals surface area contributed by atoms with E-state index in [4.69, 9.17) is 0 Å². The van der Waals surface area contributed by atoms with Gasteiger partial charge in [0.25, 0.3) is 0 Å². The van der Waals surface area contributed by atoms with Crippen molar-refractivity contribution in [3.63, 3.8) is 0 Å². The zero-order valence-corrected chi connectivity index (χ0v) is 16.0. The minimum atomic E-state index is -3.12. The van der Waals surface area contributed by atoms with Gasteiger partial charge >= 0.3 is 0 Å². The molecule has 1 aromatic carbocycles. The lowest BCUT2D eigenvalue weighted by atomic mass is 10.2. The van der Waals surface area contributed by atoms with E-state index in [0.29, 0.717) is 39.0 Å². The first kappa shape index (κ1) is 19.7. The van der Waals surface area contributed by atoms with Crippen LogP contribution in [0.5, 0.6) is 0 Å². The number of hydrogen-bond donors (Lipinski definition) is 1. The highest BCUT2D eigenvalue weighted by Gasteiger charge is 2.26.